The van der Waals surface area contributed by atoms with E-state index in [-0.39, 0.29) is 48.7 Å². The summed E-state index contributed by atoms with van der Waals surface area (Å²) < 4.78 is 56.6. The van der Waals surface area contributed by atoms with Crippen LogP contribution in [0.15, 0.2) is 31.8 Å². The van der Waals surface area contributed by atoms with Crippen LogP contribution < -0.4 is 15.8 Å². The van der Waals surface area contributed by atoms with E-state index in [4.69, 9.17) is 13.8 Å². The molecule has 0 saturated heterocycles. The summed E-state index contributed by atoms with van der Waals surface area (Å²) in [6.07, 6.45) is -6.08. The van der Waals surface area contributed by atoms with Gasteiger partial charge in [-0.05, 0) is 31.4 Å². The number of aryl methyl sites for hydroxylation is 1. The zero-order valence-electron chi connectivity index (χ0n) is 16.9. The van der Waals surface area contributed by atoms with E-state index in [2.05, 4.69) is 9.73 Å². The van der Waals surface area contributed by atoms with E-state index in [1.54, 1.807) is 12.1 Å². The monoisotopic (exact) mass is 457 g/mol. The molecule has 1 aliphatic heterocycles. The van der Waals surface area contributed by atoms with Crippen LogP contribution in [0.3, 0.4) is 0 Å². The number of fused-ring (bicyclic) bond motifs is 1. The van der Waals surface area contributed by atoms with Crippen molar-refractivity contribution in [1.82, 2.24) is 5.32 Å². The number of benzene rings is 1. The summed E-state index contributed by atoms with van der Waals surface area (Å²) in [6, 6.07) is 4.56. The Morgan fingerprint density at radius 1 is 1.31 bits per heavy atom. The highest BCUT2D eigenvalue weighted by atomic mass is 19.4. The summed E-state index contributed by atoms with van der Waals surface area (Å²) in [5.41, 5.74) is 0.483. The summed E-state index contributed by atoms with van der Waals surface area (Å²) in [6.45, 7) is 1.11. The number of halogens is 3. The van der Waals surface area contributed by atoms with Crippen LogP contribution in [-0.2, 0) is 22.6 Å². The van der Waals surface area contributed by atoms with Crippen LogP contribution in [0.1, 0.15) is 46.7 Å². The third-order valence-electron chi connectivity index (χ3n) is 4.72. The van der Waals surface area contributed by atoms with E-state index in [0.29, 0.717) is 5.56 Å². The lowest BCUT2D eigenvalue weighted by Gasteiger charge is -2.29. The Balaban J connectivity index is 1.63. The fourth-order valence-corrected chi connectivity index (χ4v) is 3.15. The second kappa shape index (κ2) is 9.51. The molecule has 2 aromatic rings. The van der Waals surface area contributed by atoms with Crippen LogP contribution in [0.4, 0.5) is 13.2 Å². The number of esters is 1. The highest BCUT2D eigenvalue weighted by Crippen LogP contribution is 2.31. The quantitative estimate of drug-likeness (QED) is 0.478. The van der Waals surface area contributed by atoms with Crippen molar-refractivity contribution >= 4 is 19.0 Å². The van der Waals surface area contributed by atoms with Crippen molar-refractivity contribution in [2.75, 3.05) is 0 Å². The number of alkyl halides is 3. The van der Waals surface area contributed by atoms with Gasteiger partial charge in [-0.25, -0.2) is 9.59 Å². The predicted molar refractivity (Wildman–Crippen MR) is 102 cm³/mol. The first-order valence-electron chi connectivity index (χ1n) is 9.63. The molecule has 32 heavy (non-hydrogen) atoms. The Labute approximate surface area is 179 Å². The number of carbonyl (C=O) groups is 2. The summed E-state index contributed by atoms with van der Waals surface area (Å²) in [5, 5.41) is 12.7. The lowest BCUT2D eigenvalue weighted by molar-refractivity contribution is -0.137. The third kappa shape index (κ3) is 5.93. The molecule has 0 saturated carbocycles. The average Bonchev–Trinajstić information content (AvgIpc) is 3.02. The van der Waals surface area contributed by atoms with E-state index >= 15 is 0 Å². The van der Waals surface area contributed by atoms with E-state index in [1.165, 1.54) is 13.0 Å². The molecule has 1 amide bonds. The molecular weight excluding hydrogens is 438 g/mol. The number of rotatable bonds is 7. The summed E-state index contributed by atoms with van der Waals surface area (Å²) >= 11 is 0. The van der Waals surface area contributed by atoms with Crippen molar-refractivity contribution in [3.8, 4) is 5.75 Å². The van der Waals surface area contributed by atoms with E-state index < -0.39 is 43.4 Å². The molecule has 9 nitrogen and oxygen atoms in total. The van der Waals surface area contributed by atoms with E-state index in [9.17, 15) is 32.6 Å². The second-order valence-corrected chi connectivity index (χ2v) is 7.16. The standard InChI is InChI=1S/C19H19BF3NO8/c1-10-13(31-18(27)30-10)9-29-17(26)12-5-2-4-11-8-14(20(28)32-16(11)12)24-15(25)6-3-7-19(21,22)23/h2,4-5,14,28H,3,6-9H2,1H3,(H,24,25)/t14-/m0/s1. The molecule has 1 aromatic carbocycles. The van der Waals surface area contributed by atoms with Crippen molar-refractivity contribution in [3.05, 3.63) is 51.5 Å². The summed E-state index contributed by atoms with van der Waals surface area (Å²) in [5.74, 6) is -3.04. The minimum Gasteiger partial charge on any atom is -0.534 e. The lowest BCUT2D eigenvalue weighted by atomic mass is 9.72. The molecule has 0 unspecified atom stereocenters. The Morgan fingerprint density at radius 2 is 2.06 bits per heavy atom. The molecule has 13 heteroatoms. The fraction of sp³-hybridized carbons (Fsp3) is 0.421. The first kappa shape index (κ1) is 23.4. The maximum absolute atomic E-state index is 12.5. The Kier molecular flexibility index (Phi) is 6.97. The van der Waals surface area contributed by atoms with Crippen molar-refractivity contribution in [1.29, 1.82) is 0 Å². The number of ether oxygens (including phenoxy) is 1. The van der Waals surface area contributed by atoms with Gasteiger partial charge < -0.3 is 28.6 Å². The van der Waals surface area contributed by atoms with Crippen molar-refractivity contribution in [3.63, 3.8) is 0 Å². The number of carbonyl (C=O) groups excluding carboxylic acids is 2. The highest BCUT2D eigenvalue weighted by Gasteiger charge is 2.38. The molecule has 1 aromatic heterocycles. The lowest BCUT2D eigenvalue weighted by Crippen LogP contribution is -2.53. The number of hydrogen-bond acceptors (Lipinski definition) is 8. The van der Waals surface area contributed by atoms with Crippen molar-refractivity contribution in [2.45, 2.75) is 51.3 Å². The zero-order valence-corrected chi connectivity index (χ0v) is 16.9. The molecular formula is C19H19BF3NO8. The minimum absolute atomic E-state index is 0.00000127. The first-order chi connectivity index (χ1) is 15.0. The number of hydrogen-bond donors (Lipinski definition) is 2. The predicted octanol–water partition coefficient (Wildman–Crippen LogP) is 2.07. The van der Waals surface area contributed by atoms with Crippen molar-refractivity contribution < 1.29 is 46.0 Å². The molecule has 0 aliphatic carbocycles. The second-order valence-electron chi connectivity index (χ2n) is 7.16. The van der Waals surface area contributed by atoms with Gasteiger partial charge in [0.2, 0.25) is 5.91 Å². The average molecular weight is 457 g/mol. The molecule has 172 valence electrons. The van der Waals surface area contributed by atoms with Gasteiger partial charge in [0.05, 0.1) is 5.94 Å². The maximum atomic E-state index is 12.5. The van der Waals surface area contributed by atoms with Crippen LogP contribution >= 0.6 is 0 Å². The van der Waals surface area contributed by atoms with Crippen LogP contribution in [0.2, 0.25) is 0 Å². The van der Waals surface area contributed by atoms with Gasteiger partial charge in [-0.2, -0.15) is 13.2 Å². The Morgan fingerprint density at radius 3 is 2.72 bits per heavy atom. The zero-order chi connectivity index (χ0) is 23.5. The molecule has 0 spiro atoms. The number of nitrogens with one attached hydrogen (secondary N) is 1. The van der Waals surface area contributed by atoms with E-state index in [1.807, 2.05) is 0 Å². The van der Waals surface area contributed by atoms with Crippen molar-refractivity contribution in [2.24, 2.45) is 0 Å². The van der Waals surface area contributed by atoms with Gasteiger partial charge in [0.1, 0.15) is 11.3 Å². The molecule has 3 rings (SSSR count). The number of para-hydroxylation sites is 1. The van der Waals surface area contributed by atoms with Gasteiger partial charge in [0.25, 0.3) is 0 Å². The molecule has 2 N–H and O–H groups in total. The van der Waals surface area contributed by atoms with E-state index in [0.717, 1.165) is 0 Å². The molecule has 0 radical (unpaired) electrons. The normalized spacial score (nSPS) is 15.7. The summed E-state index contributed by atoms with van der Waals surface area (Å²) in [4.78, 5) is 35.5. The largest absolute Gasteiger partial charge is 0.547 e. The topological polar surface area (TPSA) is 128 Å². The van der Waals surface area contributed by atoms with Gasteiger partial charge in [-0.1, -0.05) is 12.1 Å². The van der Waals surface area contributed by atoms with Crippen LogP contribution in [0.25, 0.3) is 0 Å². The molecule has 0 bridgehead atoms. The minimum atomic E-state index is -4.35. The maximum Gasteiger partial charge on any atom is 0.547 e. The van der Waals surface area contributed by atoms with Gasteiger partial charge in [0, 0.05) is 12.8 Å². The molecule has 1 aliphatic rings. The molecule has 2 heterocycles. The Hall–Kier alpha value is -3.22. The van der Waals surface area contributed by atoms with Gasteiger partial charge in [0.15, 0.2) is 18.1 Å². The van der Waals surface area contributed by atoms with Crippen LogP contribution in [0, 0.1) is 6.92 Å². The van der Waals surface area contributed by atoms with Crippen LogP contribution in [0.5, 0.6) is 5.75 Å². The SMILES string of the molecule is Cc1oc(=O)oc1COC(=O)c1cccc2c1OB(O)[C@@H](NC(=O)CCCC(F)(F)F)C2. The highest BCUT2D eigenvalue weighted by molar-refractivity contribution is 6.47. The molecule has 0 fully saturated rings. The first-order valence-corrected chi connectivity index (χ1v) is 9.63. The van der Waals surface area contributed by atoms with Gasteiger partial charge >= 0.3 is 25.1 Å². The van der Waals surface area contributed by atoms with Gasteiger partial charge in [-0.15, -0.1) is 0 Å². The number of amides is 1. The third-order valence-corrected chi connectivity index (χ3v) is 4.72. The fourth-order valence-electron chi connectivity index (χ4n) is 3.15. The smallest absolute Gasteiger partial charge is 0.534 e. The Bertz CT molecular complexity index is 1050. The van der Waals surface area contributed by atoms with Gasteiger partial charge in [-0.3, -0.25) is 4.79 Å². The van der Waals surface area contributed by atoms with Crippen LogP contribution in [-0.4, -0.2) is 36.1 Å². The summed E-state index contributed by atoms with van der Waals surface area (Å²) in [7, 11) is -1.53. The molecule has 1 atom stereocenters.